The Morgan fingerprint density at radius 2 is 1.86 bits per heavy atom. The second-order valence-electron chi connectivity index (χ2n) is 4.52. The number of rotatable bonds is 4. The zero-order chi connectivity index (χ0) is 15.4. The first-order valence-corrected chi connectivity index (χ1v) is 6.98. The van der Waals surface area contributed by atoms with Crippen molar-refractivity contribution in [1.29, 1.82) is 0 Å². The molecule has 2 aromatic rings. The molecule has 1 N–H and O–H groups in total. The van der Waals surface area contributed by atoms with Crippen molar-refractivity contribution >= 4 is 34.8 Å². The summed E-state index contributed by atoms with van der Waals surface area (Å²) in [6.07, 6.45) is 0.0919. The molecule has 0 saturated heterocycles. The number of carbonyl (C=O) groups is 1. The van der Waals surface area contributed by atoms with Crippen LogP contribution in [0.15, 0.2) is 30.3 Å². The van der Waals surface area contributed by atoms with Crippen LogP contribution in [0, 0.1) is 0 Å². The van der Waals surface area contributed by atoms with Crippen LogP contribution >= 0.6 is 23.2 Å². The number of nitrogens with one attached hydrogen (secondary N) is 1. The smallest absolute Gasteiger partial charge is 0.258 e. The summed E-state index contributed by atoms with van der Waals surface area (Å²) >= 11 is 11.5. The molecule has 0 atom stereocenters. The number of nitrogens with zero attached hydrogens (tertiary/aromatic N) is 2. The van der Waals surface area contributed by atoms with Gasteiger partial charge in [-0.15, -0.1) is 10.2 Å². The Labute approximate surface area is 132 Å². The molecule has 110 valence electrons. The average Bonchev–Trinajstić information content (AvgIpc) is 2.43. The molecule has 7 heteroatoms. The molecule has 5 nitrogen and oxygen atoms in total. The van der Waals surface area contributed by atoms with Gasteiger partial charge >= 0.3 is 0 Å². The molecular formula is C14H13Cl2N3O2. The predicted molar refractivity (Wildman–Crippen MR) is 82.2 cm³/mol. The van der Waals surface area contributed by atoms with Crippen molar-refractivity contribution in [2.24, 2.45) is 0 Å². The van der Waals surface area contributed by atoms with Gasteiger partial charge in [0.2, 0.25) is 0 Å². The van der Waals surface area contributed by atoms with Gasteiger partial charge < -0.3 is 10.1 Å². The summed E-state index contributed by atoms with van der Waals surface area (Å²) in [6, 6.07) is 8.38. The molecule has 2 rings (SSSR count). The molecule has 0 fully saturated rings. The third-order valence-electron chi connectivity index (χ3n) is 2.45. The standard InChI is InChI=1S/C14H13Cl2N3O2/c1-8(2)21-10-5-3-9(4-6-10)17-14(20)11-7-12(15)18-19-13(11)16/h3-8H,1-2H3,(H,17,20). The molecule has 0 bridgehead atoms. The molecule has 0 radical (unpaired) electrons. The van der Waals surface area contributed by atoms with E-state index >= 15 is 0 Å². The number of amides is 1. The lowest BCUT2D eigenvalue weighted by Gasteiger charge is -2.11. The van der Waals surface area contributed by atoms with E-state index in [0.29, 0.717) is 5.69 Å². The van der Waals surface area contributed by atoms with Crippen molar-refractivity contribution in [1.82, 2.24) is 10.2 Å². The van der Waals surface area contributed by atoms with E-state index in [1.54, 1.807) is 24.3 Å². The molecule has 1 heterocycles. The highest BCUT2D eigenvalue weighted by atomic mass is 35.5. The first-order valence-electron chi connectivity index (χ1n) is 6.22. The lowest BCUT2D eigenvalue weighted by Crippen LogP contribution is -2.13. The van der Waals surface area contributed by atoms with Crippen molar-refractivity contribution in [3.8, 4) is 5.75 Å². The van der Waals surface area contributed by atoms with Gasteiger partial charge in [-0.3, -0.25) is 4.79 Å². The zero-order valence-electron chi connectivity index (χ0n) is 11.4. The molecule has 0 saturated carbocycles. The highest BCUT2D eigenvalue weighted by Gasteiger charge is 2.13. The van der Waals surface area contributed by atoms with E-state index in [-0.39, 0.29) is 22.0 Å². The fourth-order valence-electron chi connectivity index (χ4n) is 1.60. The largest absolute Gasteiger partial charge is 0.491 e. The molecule has 0 spiro atoms. The van der Waals surface area contributed by atoms with Gasteiger partial charge in [-0.25, -0.2) is 0 Å². The van der Waals surface area contributed by atoms with Gasteiger partial charge in [0.1, 0.15) is 5.75 Å². The summed E-state index contributed by atoms with van der Waals surface area (Å²) < 4.78 is 5.52. The van der Waals surface area contributed by atoms with Gasteiger partial charge in [-0.05, 0) is 44.2 Å². The SMILES string of the molecule is CC(C)Oc1ccc(NC(=O)c2cc(Cl)nnc2Cl)cc1. The Bertz CT molecular complexity index is 645. The van der Waals surface area contributed by atoms with Gasteiger partial charge in [0.25, 0.3) is 5.91 Å². The van der Waals surface area contributed by atoms with E-state index in [4.69, 9.17) is 27.9 Å². The van der Waals surface area contributed by atoms with E-state index in [2.05, 4.69) is 15.5 Å². The number of aromatic nitrogens is 2. The fraction of sp³-hybridized carbons (Fsp3) is 0.214. The number of carbonyl (C=O) groups excluding carboxylic acids is 1. The van der Waals surface area contributed by atoms with E-state index < -0.39 is 5.91 Å². The Kier molecular flexibility index (Phi) is 4.98. The molecule has 1 amide bonds. The normalized spacial score (nSPS) is 10.5. The minimum Gasteiger partial charge on any atom is -0.491 e. The molecule has 0 aliphatic heterocycles. The average molecular weight is 326 g/mol. The Balaban J connectivity index is 2.10. The maximum atomic E-state index is 12.1. The number of hydrogen-bond acceptors (Lipinski definition) is 4. The minimum absolute atomic E-state index is 0.00309. The lowest BCUT2D eigenvalue weighted by molar-refractivity contribution is 0.102. The van der Waals surface area contributed by atoms with Crippen molar-refractivity contribution < 1.29 is 9.53 Å². The fourth-order valence-corrected chi connectivity index (χ4v) is 1.92. The van der Waals surface area contributed by atoms with Crippen LogP contribution in [-0.4, -0.2) is 22.2 Å². The number of anilines is 1. The third-order valence-corrected chi connectivity index (χ3v) is 2.91. The van der Waals surface area contributed by atoms with E-state index in [1.807, 2.05) is 13.8 Å². The molecule has 0 unspecified atom stereocenters. The summed E-state index contributed by atoms with van der Waals surface area (Å²) in [5.41, 5.74) is 0.777. The summed E-state index contributed by atoms with van der Waals surface area (Å²) in [5.74, 6) is 0.323. The number of hydrogen-bond donors (Lipinski definition) is 1. The Morgan fingerprint density at radius 1 is 1.19 bits per heavy atom. The first-order chi connectivity index (χ1) is 9.95. The second-order valence-corrected chi connectivity index (χ2v) is 5.26. The molecule has 0 aliphatic carbocycles. The number of benzene rings is 1. The van der Waals surface area contributed by atoms with E-state index in [1.165, 1.54) is 6.07 Å². The van der Waals surface area contributed by atoms with Crippen LogP contribution < -0.4 is 10.1 Å². The predicted octanol–water partition coefficient (Wildman–Crippen LogP) is 3.82. The third kappa shape index (κ3) is 4.31. The van der Waals surface area contributed by atoms with Crippen LogP contribution in [0.4, 0.5) is 5.69 Å². The molecular weight excluding hydrogens is 313 g/mol. The molecule has 1 aromatic carbocycles. The van der Waals surface area contributed by atoms with E-state index in [9.17, 15) is 4.79 Å². The monoisotopic (exact) mass is 325 g/mol. The Morgan fingerprint density at radius 3 is 2.48 bits per heavy atom. The van der Waals surface area contributed by atoms with Gasteiger partial charge in [0, 0.05) is 5.69 Å². The Hall–Kier alpha value is -1.85. The number of halogens is 2. The summed E-state index contributed by atoms with van der Waals surface area (Å²) in [5, 5.41) is 9.95. The van der Waals surface area contributed by atoms with Crippen LogP contribution in [-0.2, 0) is 0 Å². The maximum Gasteiger partial charge on any atom is 0.258 e. The van der Waals surface area contributed by atoms with Crippen molar-refractivity contribution in [2.45, 2.75) is 20.0 Å². The highest BCUT2D eigenvalue weighted by Crippen LogP contribution is 2.20. The van der Waals surface area contributed by atoms with E-state index in [0.717, 1.165) is 5.75 Å². The van der Waals surface area contributed by atoms with Crippen molar-refractivity contribution in [3.63, 3.8) is 0 Å². The van der Waals surface area contributed by atoms with Gasteiger partial charge in [0.15, 0.2) is 10.3 Å². The molecule has 1 aromatic heterocycles. The minimum atomic E-state index is -0.408. The van der Waals surface area contributed by atoms with Crippen LogP contribution in [0.3, 0.4) is 0 Å². The summed E-state index contributed by atoms with van der Waals surface area (Å²) in [4.78, 5) is 12.1. The number of ether oxygens (including phenoxy) is 1. The summed E-state index contributed by atoms with van der Waals surface area (Å²) in [6.45, 7) is 3.88. The topological polar surface area (TPSA) is 64.1 Å². The van der Waals surface area contributed by atoms with Gasteiger partial charge in [0.05, 0.1) is 11.7 Å². The highest BCUT2D eigenvalue weighted by molar-refractivity contribution is 6.34. The van der Waals surface area contributed by atoms with Crippen molar-refractivity contribution in [3.05, 3.63) is 46.2 Å². The molecule has 21 heavy (non-hydrogen) atoms. The van der Waals surface area contributed by atoms with Crippen LogP contribution in [0.25, 0.3) is 0 Å². The van der Waals surface area contributed by atoms with Gasteiger partial charge in [-0.1, -0.05) is 23.2 Å². The van der Waals surface area contributed by atoms with Crippen molar-refractivity contribution in [2.75, 3.05) is 5.32 Å². The molecule has 0 aliphatic rings. The van der Waals surface area contributed by atoms with Crippen LogP contribution in [0.2, 0.25) is 10.3 Å². The van der Waals surface area contributed by atoms with Crippen LogP contribution in [0.1, 0.15) is 24.2 Å². The van der Waals surface area contributed by atoms with Gasteiger partial charge in [-0.2, -0.15) is 0 Å². The summed E-state index contributed by atoms with van der Waals surface area (Å²) in [7, 11) is 0. The second kappa shape index (κ2) is 6.74. The zero-order valence-corrected chi connectivity index (χ0v) is 12.9. The first kappa shape index (κ1) is 15.5. The lowest BCUT2D eigenvalue weighted by atomic mass is 10.2. The van der Waals surface area contributed by atoms with Crippen LogP contribution in [0.5, 0.6) is 5.75 Å². The maximum absolute atomic E-state index is 12.1. The quantitative estimate of drug-likeness (QED) is 0.927.